The van der Waals surface area contributed by atoms with Crippen molar-refractivity contribution in [2.75, 3.05) is 11.9 Å². The first-order chi connectivity index (χ1) is 11.9. The zero-order chi connectivity index (χ0) is 18.0. The SMILES string of the molecule is Cc1ccc(C(=O)NC2CC2)cc1NC(=O)CCNC(=O)[C@H]1C[C@@H]1C. The van der Waals surface area contributed by atoms with Crippen molar-refractivity contribution in [3.8, 4) is 0 Å². The number of nitrogens with one attached hydrogen (secondary N) is 3. The van der Waals surface area contributed by atoms with E-state index in [0.29, 0.717) is 29.8 Å². The monoisotopic (exact) mass is 343 g/mol. The molecule has 2 atom stereocenters. The lowest BCUT2D eigenvalue weighted by Crippen LogP contribution is -2.29. The zero-order valence-corrected chi connectivity index (χ0v) is 14.7. The Balaban J connectivity index is 1.49. The minimum atomic E-state index is -0.174. The quantitative estimate of drug-likeness (QED) is 0.707. The maximum absolute atomic E-state index is 12.1. The van der Waals surface area contributed by atoms with E-state index in [1.807, 2.05) is 19.9 Å². The van der Waals surface area contributed by atoms with Crippen LogP contribution >= 0.6 is 0 Å². The average molecular weight is 343 g/mol. The third kappa shape index (κ3) is 4.81. The molecule has 0 unspecified atom stereocenters. The summed E-state index contributed by atoms with van der Waals surface area (Å²) in [5.74, 6) is 0.332. The highest BCUT2D eigenvalue weighted by Crippen LogP contribution is 2.37. The Morgan fingerprint density at radius 3 is 2.56 bits per heavy atom. The third-order valence-electron chi connectivity index (χ3n) is 4.78. The van der Waals surface area contributed by atoms with Crippen LogP contribution in [0.5, 0.6) is 0 Å². The van der Waals surface area contributed by atoms with Crippen molar-refractivity contribution in [2.24, 2.45) is 11.8 Å². The summed E-state index contributed by atoms with van der Waals surface area (Å²) in [6.45, 7) is 4.26. The fraction of sp³-hybridized carbons (Fsp3) is 0.526. The molecular formula is C19H25N3O3. The molecule has 2 aliphatic rings. The van der Waals surface area contributed by atoms with Gasteiger partial charge in [-0.25, -0.2) is 0 Å². The van der Waals surface area contributed by atoms with Gasteiger partial charge in [0.25, 0.3) is 5.91 Å². The molecule has 0 aliphatic heterocycles. The molecule has 0 heterocycles. The molecule has 0 spiro atoms. The average Bonchev–Trinajstić information content (AvgIpc) is 3.47. The highest BCUT2D eigenvalue weighted by Gasteiger charge is 2.38. The molecule has 3 N–H and O–H groups in total. The largest absolute Gasteiger partial charge is 0.355 e. The van der Waals surface area contributed by atoms with E-state index in [1.165, 1.54) is 0 Å². The maximum atomic E-state index is 12.1. The molecule has 0 bridgehead atoms. The van der Waals surface area contributed by atoms with Gasteiger partial charge in [0, 0.05) is 36.2 Å². The number of carbonyl (C=O) groups excluding carboxylic acids is 3. The second-order valence-corrected chi connectivity index (χ2v) is 7.19. The van der Waals surface area contributed by atoms with Crippen molar-refractivity contribution in [3.63, 3.8) is 0 Å². The third-order valence-corrected chi connectivity index (χ3v) is 4.78. The van der Waals surface area contributed by atoms with Gasteiger partial charge in [0.15, 0.2) is 0 Å². The topological polar surface area (TPSA) is 87.3 Å². The summed E-state index contributed by atoms with van der Waals surface area (Å²) in [5.41, 5.74) is 2.08. The van der Waals surface area contributed by atoms with E-state index in [9.17, 15) is 14.4 Å². The molecule has 0 radical (unpaired) electrons. The Bertz CT molecular complexity index is 697. The van der Waals surface area contributed by atoms with Crippen LogP contribution in [0.2, 0.25) is 0 Å². The van der Waals surface area contributed by atoms with Gasteiger partial charge in [-0.15, -0.1) is 0 Å². The van der Waals surface area contributed by atoms with Crippen LogP contribution in [-0.4, -0.2) is 30.3 Å². The number of hydrogen-bond donors (Lipinski definition) is 3. The highest BCUT2D eigenvalue weighted by atomic mass is 16.2. The predicted octanol–water partition coefficient (Wildman–Crippen LogP) is 1.99. The first kappa shape index (κ1) is 17.5. The van der Waals surface area contributed by atoms with Gasteiger partial charge < -0.3 is 16.0 Å². The number of benzene rings is 1. The first-order valence-corrected chi connectivity index (χ1v) is 8.93. The molecule has 2 fully saturated rings. The van der Waals surface area contributed by atoms with Crippen LogP contribution in [0.1, 0.15) is 48.5 Å². The molecule has 6 nitrogen and oxygen atoms in total. The number of amides is 3. The van der Waals surface area contributed by atoms with Gasteiger partial charge in [0.2, 0.25) is 11.8 Å². The van der Waals surface area contributed by atoms with Crippen molar-refractivity contribution in [2.45, 2.75) is 45.6 Å². The van der Waals surface area contributed by atoms with Gasteiger partial charge in [-0.2, -0.15) is 0 Å². The molecule has 0 aromatic heterocycles. The molecule has 1 aromatic carbocycles. The Morgan fingerprint density at radius 1 is 1.20 bits per heavy atom. The standard InChI is InChI=1S/C19H25N3O3/c1-11-3-4-13(18(24)21-14-5-6-14)10-16(11)22-17(23)7-8-20-19(25)15-9-12(15)2/h3-4,10,12,14-15H,5-9H2,1-2H3,(H,20,25)(H,21,24)(H,22,23)/t12-,15-/m0/s1. The molecule has 1 aromatic rings. The van der Waals surface area contributed by atoms with E-state index in [2.05, 4.69) is 16.0 Å². The molecular weight excluding hydrogens is 318 g/mol. The summed E-state index contributed by atoms with van der Waals surface area (Å²) >= 11 is 0. The molecule has 25 heavy (non-hydrogen) atoms. The second kappa shape index (κ2) is 7.25. The smallest absolute Gasteiger partial charge is 0.251 e. The number of carbonyl (C=O) groups is 3. The van der Waals surface area contributed by atoms with Gasteiger partial charge in [0.1, 0.15) is 0 Å². The summed E-state index contributed by atoms with van der Waals surface area (Å²) in [6.07, 6.45) is 3.22. The summed E-state index contributed by atoms with van der Waals surface area (Å²) in [7, 11) is 0. The van der Waals surface area contributed by atoms with E-state index >= 15 is 0 Å². The number of hydrogen-bond acceptors (Lipinski definition) is 3. The van der Waals surface area contributed by atoms with Crippen molar-refractivity contribution in [1.82, 2.24) is 10.6 Å². The predicted molar refractivity (Wildman–Crippen MR) is 95.2 cm³/mol. The summed E-state index contributed by atoms with van der Waals surface area (Å²) < 4.78 is 0. The molecule has 6 heteroatoms. The minimum Gasteiger partial charge on any atom is -0.355 e. The Kier molecular flexibility index (Phi) is 5.06. The lowest BCUT2D eigenvalue weighted by molar-refractivity contribution is -0.122. The minimum absolute atomic E-state index is 0.0372. The Hall–Kier alpha value is -2.37. The molecule has 3 rings (SSSR count). The lowest BCUT2D eigenvalue weighted by Gasteiger charge is -2.11. The summed E-state index contributed by atoms with van der Waals surface area (Å²) in [5, 5.41) is 8.57. The van der Waals surface area contributed by atoms with Crippen LogP contribution in [-0.2, 0) is 9.59 Å². The van der Waals surface area contributed by atoms with Crippen LogP contribution in [0.4, 0.5) is 5.69 Å². The van der Waals surface area contributed by atoms with E-state index in [4.69, 9.17) is 0 Å². The van der Waals surface area contributed by atoms with Crippen LogP contribution in [0.15, 0.2) is 18.2 Å². The van der Waals surface area contributed by atoms with Crippen LogP contribution in [0.3, 0.4) is 0 Å². The molecule has 2 saturated carbocycles. The fourth-order valence-corrected chi connectivity index (χ4v) is 2.72. The van der Waals surface area contributed by atoms with Crippen LogP contribution in [0, 0.1) is 18.8 Å². The highest BCUT2D eigenvalue weighted by molar-refractivity contribution is 5.98. The van der Waals surface area contributed by atoms with Crippen molar-refractivity contribution >= 4 is 23.4 Å². The number of anilines is 1. The van der Waals surface area contributed by atoms with Gasteiger partial charge >= 0.3 is 0 Å². The fourth-order valence-electron chi connectivity index (χ4n) is 2.72. The van der Waals surface area contributed by atoms with Crippen LogP contribution < -0.4 is 16.0 Å². The number of rotatable bonds is 7. The van der Waals surface area contributed by atoms with Gasteiger partial charge in [-0.3, -0.25) is 14.4 Å². The van der Waals surface area contributed by atoms with E-state index in [1.54, 1.807) is 12.1 Å². The molecule has 134 valence electrons. The van der Waals surface area contributed by atoms with E-state index in [-0.39, 0.29) is 30.1 Å². The summed E-state index contributed by atoms with van der Waals surface area (Å²) in [4.78, 5) is 36.0. The maximum Gasteiger partial charge on any atom is 0.251 e. The first-order valence-electron chi connectivity index (χ1n) is 8.93. The second-order valence-electron chi connectivity index (χ2n) is 7.19. The zero-order valence-electron chi connectivity index (χ0n) is 14.7. The van der Waals surface area contributed by atoms with E-state index in [0.717, 1.165) is 24.8 Å². The van der Waals surface area contributed by atoms with Gasteiger partial charge in [-0.05, 0) is 49.8 Å². The Labute approximate surface area is 147 Å². The van der Waals surface area contributed by atoms with Gasteiger partial charge in [0.05, 0.1) is 0 Å². The number of aryl methyl sites for hydroxylation is 1. The summed E-state index contributed by atoms with van der Waals surface area (Å²) in [6, 6.07) is 5.59. The lowest BCUT2D eigenvalue weighted by atomic mass is 10.1. The normalized spacial score (nSPS) is 21.4. The van der Waals surface area contributed by atoms with Crippen molar-refractivity contribution < 1.29 is 14.4 Å². The van der Waals surface area contributed by atoms with E-state index < -0.39 is 0 Å². The van der Waals surface area contributed by atoms with Crippen LogP contribution in [0.25, 0.3) is 0 Å². The van der Waals surface area contributed by atoms with Crippen molar-refractivity contribution in [1.29, 1.82) is 0 Å². The molecule has 3 amide bonds. The molecule has 0 saturated heterocycles. The van der Waals surface area contributed by atoms with Gasteiger partial charge in [-0.1, -0.05) is 13.0 Å². The van der Waals surface area contributed by atoms with Crippen molar-refractivity contribution in [3.05, 3.63) is 29.3 Å². The molecule has 2 aliphatic carbocycles. The Morgan fingerprint density at radius 2 is 1.92 bits per heavy atom.